The number of hydrogen-bond donors (Lipinski definition) is 2. The molecular weight excluding hydrogens is 251 g/mol. The molecule has 0 aliphatic heterocycles. The highest BCUT2D eigenvalue weighted by Crippen LogP contribution is 2.20. The van der Waals surface area contributed by atoms with Crippen LogP contribution >= 0.6 is 0 Å². The summed E-state index contributed by atoms with van der Waals surface area (Å²) in [7, 11) is 0. The van der Waals surface area contributed by atoms with E-state index in [1.807, 2.05) is 0 Å². The topological polar surface area (TPSA) is 83.6 Å². The first kappa shape index (κ1) is 14.9. The molecule has 0 atom stereocenters. The van der Waals surface area contributed by atoms with Crippen LogP contribution in [0.1, 0.15) is 31.1 Å². The van der Waals surface area contributed by atoms with Gasteiger partial charge in [-0.05, 0) is 39.0 Å². The second-order valence-electron chi connectivity index (χ2n) is 4.65. The fraction of sp³-hybridized carbons (Fsp3) is 0.385. The SMILES string of the molecule is CCN(C(=O)c1ccc(N)cc1F)C(C)(C)C(=O)O. The van der Waals surface area contributed by atoms with Crippen LogP contribution in [0.2, 0.25) is 0 Å². The van der Waals surface area contributed by atoms with E-state index in [9.17, 15) is 14.0 Å². The third kappa shape index (κ3) is 2.83. The molecule has 0 heterocycles. The monoisotopic (exact) mass is 268 g/mol. The van der Waals surface area contributed by atoms with Gasteiger partial charge in [-0.25, -0.2) is 9.18 Å². The van der Waals surface area contributed by atoms with Crippen LogP contribution in [0.25, 0.3) is 0 Å². The number of halogens is 1. The van der Waals surface area contributed by atoms with Crippen LogP contribution in [0.3, 0.4) is 0 Å². The van der Waals surface area contributed by atoms with Crippen molar-refractivity contribution in [3.05, 3.63) is 29.6 Å². The lowest BCUT2D eigenvalue weighted by molar-refractivity contribution is -0.147. The minimum absolute atomic E-state index is 0.155. The van der Waals surface area contributed by atoms with Gasteiger partial charge in [0, 0.05) is 12.2 Å². The maximum absolute atomic E-state index is 13.7. The number of benzene rings is 1. The number of aliphatic carboxylic acids is 1. The van der Waals surface area contributed by atoms with Crippen LogP contribution in [0.15, 0.2) is 18.2 Å². The summed E-state index contributed by atoms with van der Waals surface area (Å²) in [5, 5.41) is 9.14. The quantitative estimate of drug-likeness (QED) is 0.815. The number of carbonyl (C=O) groups is 2. The maximum atomic E-state index is 13.7. The number of carboxylic acids is 1. The van der Waals surface area contributed by atoms with Crippen LogP contribution in [0.5, 0.6) is 0 Å². The van der Waals surface area contributed by atoms with Gasteiger partial charge >= 0.3 is 5.97 Å². The fourth-order valence-corrected chi connectivity index (χ4v) is 1.76. The number of rotatable bonds is 4. The highest BCUT2D eigenvalue weighted by Gasteiger charge is 2.37. The Morgan fingerprint density at radius 3 is 2.42 bits per heavy atom. The minimum Gasteiger partial charge on any atom is -0.480 e. The first-order valence-corrected chi connectivity index (χ1v) is 5.82. The molecule has 1 rings (SSSR count). The van der Waals surface area contributed by atoms with Gasteiger partial charge < -0.3 is 15.7 Å². The van der Waals surface area contributed by atoms with Crippen molar-refractivity contribution in [2.75, 3.05) is 12.3 Å². The van der Waals surface area contributed by atoms with Crippen LogP contribution in [0, 0.1) is 5.82 Å². The highest BCUT2D eigenvalue weighted by atomic mass is 19.1. The van der Waals surface area contributed by atoms with Crippen LogP contribution in [-0.2, 0) is 4.79 Å². The van der Waals surface area contributed by atoms with Crippen LogP contribution in [0.4, 0.5) is 10.1 Å². The lowest BCUT2D eigenvalue weighted by atomic mass is 10.0. The number of anilines is 1. The van der Waals surface area contributed by atoms with E-state index in [0.29, 0.717) is 0 Å². The zero-order chi connectivity index (χ0) is 14.8. The zero-order valence-electron chi connectivity index (χ0n) is 11.1. The Kier molecular flexibility index (Phi) is 4.14. The summed E-state index contributed by atoms with van der Waals surface area (Å²) in [6.45, 7) is 4.58. The van der Waals surface area contributed by atoms with E-state index in [-0.39, 0.29) is 17.8 Å². The second kappa shape index (κ2) is 5.26. The molecule has 5 nitrogen and oxygen atoms in total. The van der Waals surface area contributed by atoms with Crippen molar-refractivity contribution in [3.8, 4) is 0 Å². The molecule has 0 radical (unpaired) electrons. The summed E-state index contributed by atoms with van der Waals surface area (Å²) in [5.74, 6) is -2.59. The molecule has 0 spiro atoms. The lowest BCUT2D eigenvalue weighted by Gasteiger charge is -2.34. The van der Waals surface area contributed by atoms with Crippen molar-refractivity contribution in [1.29, 1.82) is 0 Å². The smallest absolute Gasteiger partial charge is 0.329 e. The van der Waals surface area contributed by atoms with E-state index in [0.717, 1.165) is 11.0 Å². The molecule has 0 fully saturated rings. The number of nitrogens with zero attached hydrogens (tertiary/aromatic N) is 1. The van der Waals surface area contributed by atoms with E-state index in [1.54, 1.807) is 6.92 Å². The Balaban J connectivity index is 3.19. The summed E-state index contributed by atoms with van der Waals surface area (Å²) in [6.07, 6.45) is 0. The molecule has 0 unspecified atom stereocenters. The average Bonchev–Trinajstić information content (AvgIpc) is 2.28. The third-order valence-electron chi connectivity index (χ3n) is 2.98. The summed E-state index contributed by atoms with van der Waals surface area (Å²) in [6, 6.07) is 3.69. The van der Waals surface area contributed by atoms with E-state index < -0.39 is 23.2 Å². The van der Waals surface area contributed by atoms with Crippen molar-refractivity contribution < 1.29 is 19.1 Å². The van der Waals surface area contributed by atoms with Crippen molar-refractivity contribution >= 4 is 17.6 Å². The van der Waals surface area contributed by atoms with E-state index >= 15 is 0 Å². The van der Waals surface area contributed by atoms with Gasteiger partial charge in [0.05, 0.1) is 5.56 Å². The lowest BCUT2D eigenvalue weighted by Crippen LogP contribution is -2.53. The first-order valence-electron chi connectivity index (χ1n) is 5.82. The molecule has 0 saturated heterocycles. The molecule has 0 aromatic heterocycles. The molecule has 0 aliphatic carbocycles. The molecule has 104 valence electrons. The van der Waals surface area contributed by atoms with Gasteiger partial charge in [-0.15, -0.1) is 0 Å². The molecule has 3 N–H and O–H groups in total. The average molecular weight is 268 g/mol. The predicted molar refractivity (Wildman–Crippen MR) is 69.2 cm³/mol. The van der Waals surface area contributed by atoms with Gasteiger partial charge in [-0.3, -0.25) is 4.79 Å². The molecule has 1 aromatic carbocycles. The Morgan fingerprint density at radius 1 is 1.42 bits per heavy atom. The Labute approximate surface area is 110 Å². The molecule has 0 bridgehead atoms. The van der Waals surface area contributed by atoms with Gasteiger partial charge in [0.1, 0.15) is 11.4 Å². The molecule has 19 heavy (non-hydrogen) atoms. The summed E-state index contributed by atoms with van der Waals surface area (Å²) in [5.41, 5.74) is 4.01. The number of carbonyl (C=O) groups excluding carboxylic acids is 1. The molecular formula is C13H17FN2O3. The first-order chi connectivity index (χ1) is 8.71. The second-order valence-corrected chi connectivity index (χ2v) is 4.65. The maximum Gasteiger partial charge on any atom is 0.329 e. The number of carboxylic acid groups (broad SMARTS) is 1. The molecule has 0 saturated carbocycles. The summed E-state index contributed by atoms with van der Waals surface area (Å²) < 4.78 is 13.7. The standard InChI is InChI=1S/C13H17FN2O3/c1-4-16(13(2,3)12(18)19)11(17)9-6-5-8(15)7-10(9)14/h5-7H,4,15H2,1-3H3,(H,18,19). The minimum atomic E-state index is -1.42. The number of amides is 1. The van der Waals surface area contributed by atoms with E-state index in [2.05, 4.69) is 0 Å². The Morgan fingerprint density at radius 2 is 2.00 bits per heavy atom. The van der Waals surface area contributed by atoms with Crippen LogP contribution < -0.4 is 5.73 Å². The van der Waals surface area contributed by atoms with Gasteiger partial charge in [-0.2, -0.15) is 0 Å². The third-order valence-corrected chi connectivity index (χ3v) is 2.98. The predicted octanol–water partition coefficient (Wildman–Crippen LogP) is 1.73. The number of nitrogen functional groups attached to an aromatic ring is 1. The van der Waals surface area contributed by atoms with E-state index in [4.69, 9.17) is 10.8 Å². The van der Waals surface area contributed by atoms with Crippen molar-refractivity contribution in [1.82, 2.24) is 4.90 Å². The van der Waals surface area contributed by atoms with Gasteiger partial charge in [0.2, 0.25) is 0 Å². The number of nitrogens with two attached hydrogens (primary N) is 1. The summed E-state index contributed by atoms with van der Waals surface area (Å²) >= 11 is 0. The summed E-state index contributed by atoms with van der Waals surface area (Å²) in [4.78, 5) is 24.5. The fourth-order valence-electron chi connectivity index (χ4n) is 1.76. The molecule has 1 aromatic rings. The van der Waals surface area contributed by atoms with Crippen molar-refractivity contribution in [2.24, 2.45) is 0 Å². The van der Waals surface area contributed by atoms with Gasteiger partial charge in [0.15, 0.2) is 0 Å². The molecule has 6 heteroatoms. The van der Waals surface area contributed by atoms with Gasteiger partial charge in [0.25, 0.3) is 5.91 Å². The highest BCUT2D eigenvalue weighted by molar-refractivity contribution is 5.98. The normalized spacial score (nSPS) is 11.2. The largest absolute Gasteiger partial charge is 0.480 e. The molecule has 0 aliphatic rings. The Bertz CT molecular complexity index is 515. The van der Waals surface area contributed by atoms with Crippen LogP contribution in [-0.4, -0.2) is 34.0 Å². The van der Waals surface area contributed by atoms with Gasteiger partial charge in [-0.1, -0.05) is 0 Å². The van der Waals surface area contributed by atoms with E-state index in [1.165, 1.54) is 26.0 Å². The zero-order valence-corrected chi connectivity index (χ0v) is 11.1. The molecule has 1 amide bonds. The van der Waals surface area contributed by atoms with Crippen molar-refractivity contribution in [3.63, 3.8) is 0 Å². The number of likely N-dealkylation sites (N-methyl/N-ethyl adjacent to an activating group) is 1. The number of hydrogen-bond acceptors (Lipinski definition) is 3. The van der Waals surface area contributed by atoms with Crippen molar-refractivity contribution in [2.45, 2.75) is 26.3 Å². The Hall–Kier alpha value is -2.11.